The topological polar surface area (TPSA) is 29.4 Å². The van der Waals surface area contributed by atoms with E-state index in [0.29, 0.717) is 11.6 Å². The second-order valence-electron chi connectivity index (χ2n) is 5.44. The minimum absolute atomic E-state index is 0.482. The monoisotopic (exact) mass is 269 g/mol. The fourth-order valence-corrected chi connectivity index (χ4v) is 2.90. The Labute approximate surface area is 121 Å². The van der Waals surface area contributed by atoms with Gasteiger partial charge in [-0.15, -0.1) is 4.91 Å². The lowest BCUT2D eigenvalue weighted by molar-refractivity contribution is 0.649. The van der Waals surface area contributed by atoms with Gasteiger partial charge in [-0.1, -0.05) is 55.7 Å². The van der Waals surface area contributed by atoms with Crippen molar-refractivity contribution in [3.05, 3.63) is 58.0 Å². The van der Waals surface area contributed by atoms with E-state index in [1.807, 2.05) is 12.1 Å². The average Bonchev–Trinajstić information content (AvgIpc) is 2.53. The number of rotatable bonds is 6. The van der Waals surface area contributed by atoms with Gasteiger partial charge in [0, 0.05) is 5.92 Å². The third kappa shape index (κ3) is 3.44. The van der Waals surface area contributed by atoms with Crippen LogP contribution in [0.2, 0.25) is 0 Å². The molecule has 0 N–H and O–H groups in total. The van der Waals surface area contributed by atoms with E-state index in [2.05, 4.69) is 43.3 Å². The number of allylic oxidation sites excluding steroid dienone is 4. The van der Waals surface area contributed by atoms with Crippen molar-refractivity contribution in [1.29, 1.82) is 0 Å². The van der Waals surface area contributed by atoms with Crippen LogP contribution in [0.3, 0.4) is 0 Å². The van der Waals surface area contributed by atoms with Crippen molar-refractivity contribution in [2.24, 2.45) is 5.18 Å². The van der Waals surface area contributed by atoms with E-state index in [4.69, 9.17) is 0 Å². The second kappa shape index (κ2) is 7.18. The zero-order valence-electron chi connectivity index (χ0n) is 12.4. The van der Waals surface area contributed by atoms with Gasteiger partial charge in [-0.3, -0.25) is 0 Å². The van der Waals surface area contributed by atoms with Gasteiger partial charge in [0.1, 0.15) is 5.69 Å². The number of benzene rings is 1. The third-order valence-electron chi connectivity index (χ3n) is 4.15. The Hall–Kier alpha value is -1.70. The summed E-state index contributed by atoms with van der Waals surface area (Å²) in [7, 11) is 0. The maximum Gasteiger partial charge on any atom is 0.108 e. The minimum Gasteiger partial charge on any atom is -0.145 e. The van der Waals surface area contributed by atoms with Crippen LogP contribution in [0.25, 0.3) is 0 Å². The molecule has 0 spiro atoms. The van der Waals surface area contributed by atoms with Crippen LogP contribution in [0.5, 0.6) is 0 Å². The first-order chi connectivity index (χ1) is 9.78. The average molecular weight is 269 g/mol. The smallest absolute Gasteiger partial charge is 0.108 e. The van der Waals surface area contributed by atoms with E-state index in [1.54, 1.807) is 5.57 Å². The molecule has 0 heterocycles. The van der Waals surface area contributed by atoms with Gasteiger partial charge in [-0.05, 0) is 48.6 Å². The first-order valence-corrected chi connectivity index (χ1v) is 7.60. The molecule has 1 aliphatic carbocycles. The summed E-state index contributed by atoms with van der Waals surface area (Å²) in [6.45, 7) is 4.45. The quantitative estimate of drug-likeness (QED) is 0.580. The first kappa shape index (κ1) is 14.7. The Balaban J connectivity index is 2.24. The highest BCUT2D eigenvalue weighted by molar-refractivity contribution is 5.42. The normalized spacial score (nSPS) is 16.3. The van der Waals surface area contributed by atoms with E-state index >= 15 is 0 Å². The molecule has 0 saturated heterocycles. The summed E-state index contributed by atoms with van der Waals surface area (Å²) in [5, 5.41) is 2.98. The summed E-state index contributed by atoms with van der Waals surface area (Å²) in [6.07, 6.45) is 10.4. The highest BCUT2D eigenvalue weighted by Gasteiger charge is 2.17. The van der Waals surface area contributed by atoms with Gasteiger partial charge in [0.05, 0.1) is 0 Å². The van der Waals surface area contributed by atoms with E-state index in [1.165, 1.54) is 24.0 Å². The molecular weight excluding hydrogens is 246 g/mol. The van der Waals surface area contributed by atoms with Crippen LogP contribution in [0.1, 0.15) is 57.4 Å². The van der Waals surface area contributed by atoms with Crippen molar-refractivity contribution in [1.82, 2.24) is 0 Å². The van der Waals surface area contributed by atoms with E-state index in [0.717, 1.165) is 19.3 Å². The number of hydrogen-bond donors (Lipinski definition) is 0. The molecule has 0 radical (unpaired) electrons. The van der Waals surface area contributed by atoms with Crippen LogP contribution in [0.15, 0.2) is 52.7 Å². The Bertz CT molecular complexity index is 511. The standard InChI is InChI=1S/C18H23NO/c1-3-5-18(15-8-6-14(4-2)7-9-15)16-10-12-17(19-20)13-11-16/h6,8,10-13,18H,3-5,7,9H2,1-2H3. The molecule has 0 saturated carbocycles. The van der Waals surface area contributed by atoms with Crippen LogP contribution in [0, 0.1) is 4.91 Å². The van der Waals surface area contributed by atoms with Gasteiger partial charge in [0.2, 0.25) is 0 Å². The molecule has 2 heteroatoms. The molecule has 1 aromatic rings. The SMILES string of the molecule is CCCC(C1=CC=C(CC)CC1)c1ccc(N=O)cc1. The summed E-state index contributed by atoms with van der Waals surface area (Å²) in [4.78, 5) is 10.5. The molecule has 0 bridgehead atoms. The third-order valence-corrected chi connectivity index (χ3v) is 4.15. The molecule has 0 aliphatic heterocycles. The van der Waals surface area contributed by atoms with Crippen LogP contribution in [0.4, 0.5) is 5.69 Å². The van der Waals surface area contributed by atoms with Crippen molar-refractivity contribution in [3.8, 4) is 0 Å². The Morgan fingerprint density at radius 3 is 2.35 bits per heavy atom. The fourth-order valence-electron chi connectivity index (χ4n) is 2.90. The zero-order chi connectivity index (χ0) is 14.4. The van der Waals surface area contributed by atoms with E-state index < -0.39 is 0 Å². The molecule has 106 valence electrons. The molecule has 2 nitrogen and oxygen atoms in total. The molecule has 0 fully saturated rings. The van der Waals surface area contributed by atoms with Crippen LogP contribution >= 0.6 is 0 Å². The number of nitroso groups, excluding NO2 is 1. The molecule has 1 unspecified atom stereocenters. The molecule has 20 heavy (non-hydrogen) atoms. The summed E-state index contributed by atoms with van der Waals surface area (Å²) in [5.41, 5.74) is 4.88. The molecular formula is C18H23NO. The lowest BCUT2D eigenvalue weighted by Gasteiger charge is -2.23. The van der Waals surface area contributed by atoms with E-state index in [-0.39, 0.29) is 0 Å². The largest absolute Gasteiger partial charge is 0.145 e. The summed E-state index contributed by atoms with van der Waals surface area (Å²) in [6, 6.07) is 7.75. The van der Waals surface area contributed by atoms with Crippen molar-refractivity contribution in [3.63, 3.8) is 0 Å². The Morgan fingerprint density at radius 1 is 1.10 bits per heavy atom. The lowest BCUT2D eigenvalue weighted by Crippen LogP contribution is -2.05. The molecule has 2 rings (SSSR count). The Morgan fingerprint density at radius 2 is 1.85 bits per heavy atom. The summed E-state index contributed by atoms with van der Waals surface area (Å²) < 4.78 is 0. The minimum atomic E-state index is 0.482. The van der Waals surface area contributed by atoms with Gasteiger partial charge < -0.3 is 0 Å². The maximum atomic E-state index is 10.5. The predicted molar refractivity (Wildman–Crippen MR) is 85.2 cm³/mol. The van der Waals surface area contributed by atoms with Gasteiger partial charge in [0.15, 0.2) is 0 Å². The van der Waals surface area contributed by atoms with Crippen LogP contribution < -0.4 is 0 Å². The summed E-state index contributed by atoms with van der Waals surface area (Å²) >= 11 is 0. The molecule has 1 aromatic carbocycles. The number of nitrogens with zero attached hydrogens (tertiary/aromatic N) is 1. The second-order valence-corrected chi connectivity index (χ2v) is 5.44. The fraction of sp³-hybridized carbons (Fsp3) is 0.444. The van der Waals surface area contributed by atoms with Gasteiger partial charge >= 0.3 is 0 Å². The van der Waals surface area contributed by atoms with Gasteiger partial charge in [0.25, 0.3) is 0 Å². The van der Waals surface area contributed by atoms with Gasteiger partial charge in [-0.25, -0.2) is 0 Å². The van der Waals surface area contributed by atoms with Crippen molar-refractivity contribution >= 4 is 5.69 Å². The molecule has 1 atom stereocenters. The highest BCUT2D eigenvalue weighted by Crippen LogP contribution is 2.36. The zero-order valence-corrected chi connectivity index (χ0v) is 12.4. The molecule has 0 aromatic heterocycles. The van der Waals surface area contributed by atoms with Crippen LogP contribution in [-0.2, 0) is 0 Å². The Kier molecular flexibility index (Phi) is 5.28. The van der Waals surface area contributed by atoms with Crippen molar-refractivity contribution in [2.75, 3.05) is 0 Å². The lowest BCUT2D eigenvalue weighted by atomic mass is 9.82. The highest BCUT2D eigenvalue weighted by atomic mass is 16.3. The molecule has 1 aliphatic rings. The maximum absolute atomic E-state index is 10.5. The van der Waals surface area contributed by atoms with Crippen molar-refractivity contribution < 1.29 is 0 Å². The van der Waals surface area contributed by atoms with E-state index in [9.17, 15) is 4.91 Å². The number of hydrogen-bond acceptors (Lipinski definition) is 2. The first-order valence-electron chi connectivity index (χ1n) is 7.60. The van der Waals surface area contributed by atoms with Gasteiger partial charge in [-0.2, -0.15) is 0 Å². The molecule has 0 amide bonds. The predicted octanol–water partition coefficient (Wildman–Crippen LogP) is 6.02. The summed E-state index contributed by atoms with van der Waals surface area (Å²) in [5.74, 6) is 0.482. The van der Waals surface area contributed by atoms with Crippen molar-refractivity contribution in [2.45, 2.75) is 51.9 Å². The van der Waals surface area contributed by atoms with Crippen LogP contribution in [-0.4, -0.2) is 0 Å².